The number of nitrogens with one attached hydrogen (secondary N) is 2. The van der Waals surface area contributed by atoms with E-state index in [0.717, 1.165) is 44.2 Å². The van der Waals surface area contributed by atoms with E-state index in [9.17, 15) is 4.79 Å². The summed E-state index contributed by atoms with van der Waals surface area (Å²) < 4.78 is 5.20. The lowest BCUT2D eigenvalue weighted by atomic mass is 9.79. The van der Waals surface area contributed by atoms with E-state index in [4.69, 9.17) is 4.42 Å². The molecule has 1 atom stereocenters. The number of fused-ring (bicyclic) bond motifs is 1. The summed E-state index contributed by atoms with van der Waals surface area (Å²) in [6.07, 6.45) is 5.57. The van der Waals surface area contributed by atoms with Crippen LogP contribution < -0.4 is 11.1 Å². The van der Waals surface area contributed by atoms with Gasteiger partial charge < -0.3 is 9.73 Å². The van der Waals surface area contributed by atoms with E-state index in [1.54, 1.807) is 0 Å². The van der Waals surface area contributed by atoms with Gasteiger partial charge in [-0.05, 0) is 67.2 Å². The van der Waals surface area contributed by atoms with Gasteiger partial charge in [0.25, 0.3) is 0 Å². The van der Waals surface area contributed by atoms with Crippen molar-refractivity contribution in [2.24, 2.45) is 11.8 Å². The fraction of sp³-hybridized carbons (Fsp3) is 0.400. The molecule has 2 aromatic carbocycles. The number of oxazole rings is 1. The van der Waals surface area contributed by atoms with Gasteiger partial charge in [0.05, 0.1) is 5.52 Å². The first-order valence-corrected chi connectivity index (χ1v) is 10.6. The van der Waals surface area contributed by atoms with Gasteiger partial charge in [-0.2, -0.15) is 0 Å². The van der Waals surface area contributed by atoms with Crippen LogP contribution in [0.25, 0.3) is 11.1 Å². The van der Waals surface area contributed by atoms with Crippen molar-refractivity contribution >= 4 is 11.1 Å². The summed E-state index contributed by atoms with van der Waals surface area (Å²) in [5.41, 5.74) is 4.07. The molecule has 1 heterocycles. The Morgan fingerprint density at radius 2 is 1.93 bits per heavy atom. The molecule has 29 heavy (non-hydrogen) atoms. The first-order chi connectivity index (χ1) is 14.2. The first kappa shape index (κ1) is 19.4. The number of aromatic amines is 1. The standard InChI is InChI=1S/C25H28N2O2/c1-18(15-20-5-3-2-4-6-20)17-26-14-13-19-7-9-21(10-8-19)22-11-12-23-24(16-22)29-25(28)27-23/h2-6,11-12,16,18-19,21,26H,7-10,15,17H2,1H3,(H,27,28). The summed E-state index contributed by atoms with van der Waals surface area (Å²) in [6.45, 7) is 3.18. The van der Waals surface area contributed by atoms with E-state index in [2.05, 4.69) is 65.6 Å². The normalized spacial score (nSPS) is 20.0. The van der Waals surface area contributed by atoms with E-state index in [-0.39, 0.29) is 5.76 Å². The van der Waals surface area contributed by atoms with Gasteiger partial charge in [-0.3, -0.25) is 4.98 Å². The van der Waals surface area contributed by atoms with Crippen molar-refractivity contribution in [1.82, 2.24) is 10.3 Å². The van der Waals surface area contributed by atoms with Crippen molar-refractivity contribution in [3.8, 4) is 12.0 Å². The van der Waals surface area contributed by atoms with E-state index in [0.29, 0.717) is 23.3 Å². The Bertz CT molecular complexity index is 1050. The first-order valence-electron chi connectivity index (χ1n) is 10.6. The minimum absolute atomic E-state index is 0.387. The van der Waals surface area contributed by atoms with Crippen LogP contribution in [0.5, 0.6) is 0 Å². The quantitative estimate of drug-likeness (QED) is 0.486. The van der Waals surface area contributed by atoms with Crippen LogP contribution in [0.2, 0.25) is 0 Å². The molecule has 0 radical (unpaired) electrons. The Hall–Kier alpha value is -2.93. The molecule has 150 valence electrons. The SMILES string of the molecule is CC(CNC#CC1CCC(c2ccc3[nH]c(=O)oc3c2)CC1)Cc1ccccc1. The molecular weight excluding hydrogens is 360 g/mol. The third kappa shape index (κ3) is 5.12. The van der Waals surface area contributed by atoms with Crippen molar-refractivity contribution in [1.29, 1.82) is 0 Å². The molecule has 1 aliphatic rings. The summed E-state index contributed by atoms with van der Waals surface area (Å²) in [7, 11) is 0. The van der Waals surface area contributed by atoms with E-state index in [1.165, 1.54) is 11.1 Å². The molecule has 1 aliphatic carbocycles. The molecule has 0 saturated heterocycles. The second-order valence-corrected chi connectivity index (χ2v) is 8.26. The molecule has 0 bridgehead atoms. The molecule has 4 rings (SSSR count). The van der Waals surface area contributed by atoms with Crippen molar-refractivity contribution in [3.63, 3.8) is 0 Å². The zero-order valence-corrected chi connectivity index (χ0v) is 16.9. The van der Waals surface area contributed by atoms with Crippen LogP contribution >= 0.6 is 0 Å². The van der Waals surface area contributed by atoms with Crippen LogP contribution in [0.1, 0.15) is 49.7 Å². The monoisotopic (exact) mass is 388 g/mol. The van der Waals surface area contributed by atoms with Gasteiger partial charge in [-0.1, -0.05) is 49.2 Å². The summed E-state index contributed by atoms with van der Waals surface area (Å²) in [4.78, 5) is 14.0. The Labute approximate surface area is 171 Å². The van der Waals surface area contributed by atoms with Crippen LogP contribution in [0.15, 0.2) is 57.7 Å². The highest BCUT2D eigenvalue weighted by atomic mass is 16.4. The highest BCUT2D eigenvalue weighted by molar-refractivity contribution is 5.72. The molecule has 3 aromatic rings. The Kier molecular flexibility index (Phi) is 6.05. The predicted octanol–water partition coefficient (Wildman–Crippen LogP) is 4.82. The lowest BCUT2D eigenvalue weighted by Crippen LogP contribution is -2.18. The lowest BCUT2D eigenvalue weighted by Gasteiger charge is -2.25. The summed E-state index contributed by atoms with van der Waals surface area (Å²) in [5, 5.41) is 3.31. The molecule has 2 N–H and O–H groups in total. The fourth-order valence-corrected chi connectivity index (χ4v) is 4.25. The molecule has 4 heteroatoms. The number of benzene rings is 2. The van der Waals surface area contributed by atoms with Crippen molar-refractivity contribution in [2.45, 2.75) is 44.9 Å². The number of rotatable bonds is 5. The largest absolute Gasteiger partial charge is 0.417 e. The topological polar surface area (TPSA) is 58.0 Å². The molecule has 0 spiro atoms. The predicted molar refractivity (Wildman–Crippen MR) is 117 cm³/mol. The van der Waals surface area contributed by atoms with Crippen LogP contribution in [0.3, 0.4) is 0 Å². The van der Waals surface area contributed by atoms with Crippen LogP contribution in [0.4, 0.5) is 0 Å². The summed E-state index contributed by atoms with van der Waals surface area (Å²) >= 11 is 0. The van der Waals surface area contributed by atoms with Crippen LogP contribution in [-0.2, 0) is 6.42 Å². The fourth-order valence-electron chi connectivity index (χ4n) is 4.25. The third-order valence-corrected chi connectivity index (χ3v) is 5.89. The van der Waals surface area contributed by atoms with Gasteiger partial charge in [0.15, 0.2) is 5.58 Å². The van der Waals surface area contributed by atoms with Crippen LogP contribution in [0, 0.1) is 23.8 Å². The van der Waals surface area contributed by atoms with Gasteiger partial charge in [0.2, 0.25) is 0 Å². The number of hydrogen-bond donors (Lipinski definition) is 2. The second-order valence-electron chi connectivity index (χ2n) is 8.26. The van der Waals surface area contributed by atoms with Crippen molar-refractivity contribution < 1.29 is 4.42 Å². The van der Waals surface area contributed by atoms with Crippen molar-refractivity contribution in [3.05, 3.63) is 70.2 Å². The van der Waals surface area contributed by atoms with Gasteiger partial charge in [0, 0.05) is 18.5 Å². The smallest absolute Gasteiger partial charge is 0.408 e. The number of H-pyrrole nitrogens is 1. The Morgan fingerprint density at radius 1 is 1.14 bits per heavy atom. The van der Waals surface area contributed by atoms with E-state index >= 15 is 0 Å². The van der Waals surface area contributed by atoms with Gasteiger partial charge in [-0.25, -0.2) is 4.79 Å². The molecular formula is C25H28N2O2. The molecule has 0 amide bonds. The van der Waals surface area contributed by atoms with Gasteiger partial charge in [-0.15, -0.1) is 0 Å². The molecule has 1 aromatic heterocycles. The molecule has 1 unspecified atom stereocenters. The van der Waals surface area contributed by atoms with Crippen molar-refractivity contribution in [2.75, 3.05) is 6.54 Å². The third-order valence-electron chi connectivity index (χ3n) is 5.89. The maximum atomic E-state index is 11.3. The molecule has 1 saturated carbocycles. The Balaban J connectivity index is 1.23. The van der Waals surface area contributed by atoms with Gasteiger partial charge >= 0.3 is 5.76 Å². The minimum atomic E-state index is -0.387. The zero-order chi connectivity index (χ0) is 20.1. The Morgan fingerprint density at radius 3 is 2.72 bits per heavy atom. The maximum Gasteiger partial charge on any atom is 0.417 e. The zero-order valence-electron chi connectivity index (χ0n) is 16.9. The van der Waals surface area contributed by atoms with E-state index < -0.39 is 0 Å². The highest BCUT2D eigenvalue weighted by Crippen LogP contribution is 2.36. The molecule has 0 aliphatic heterocycles. The average molecular weight is 389 g/mol. The summed E-state index contributed by atoms with van der Waals surface area (Å²) in [5.74, 6) is 4.59. The molecule has 1 fully saturated rings. The maximum absolute atomic E-state index is 11.3. The second kappa shape index (κ2) is 9.05. The highest BCUT2D eigenvalue weighted by Gasteiger charge is 2.22. The van der Waals surface area contributed by atoms with E-state index in [1.807, 2.05) is 12.1 Å². The van der Waals surface area contributed by atoms with Crippen LogP contribution in [-0.4, -0.2) is 11.5 Å². The average Bonchev–Trinajstić information content (AvgIpc) is 3.11. The molecule has 4 nitrogen and oxygen atoms in total. The summed E-state index contributed by atoms with van der Waals surface area (Å²) in [6, 6.07) is 19.9. The number of aromatic nitrogens is 1. The number of hydrogen-bond acceptors (Lipinski definition) is 3. The minimum Gasteiger partial charge on any atom is -0.408 e. The van der Waals surface area contributed by atoms with Gasteiger partial charge in [0.1, 0.15) is 0 Å². The lowest BCUT2D eigenvalue weighted by molar-refractivity contribution is 0.384.